The van der Waals surface area contributed by atoms with Gasteiger partial charge in [-0.1, -0.05) is 291 Å². The molecule has 0 aromatic heterocycles. The topological polar surface area (TPSA) is 0 Å². The Morgan fingerprint density at radius 1 is 0.0778 bits per heavy atom. The highest BCUT2D eigenvalue weighted by atomic mass is 14.2. The van der Waals surface area contributed by atoms with Crippen molar-refractivity contribution in [2.75, 3.05) is 0 Å². The summed E-state index contributed by atoms with van der Waals surface area (Å²) < 4.78 is 0. The van der Waals surface area contributed by atoms with Crippen LogP contribution in [-0.2, 0) is 0 Å². The van der Waals surface area contributed by atoms with Crippen molar-refractivity contribution in [3.63, 3.8) is 0 Å². The maximum Gasteiger partial charge on any atom is -0.00926 e. The Hall–Kier alpha value is -11.7. The van der Waals surface area contributed by atoms with Crippen LogP contribution in [0.4, 0.5) is 0 Å². The predicted molar refractivity (Wildman–Crippen MR) is 387 cm³/mol. The summed E-state index contributed by atoms with van der Waals surface area (Å²) in [5.41, 5.74) is 21.9. The van der Waals surface area contributed by atoms with Crippen LogP contribution in [0.3, 0.4) is 0 Å². The van der Waals surface area contributed by atoms with E-state index in [1.165, 1.54) is 165 Å². The molecule has 0 radical (unpaired) electrons. The van der Waals surface area contributed by atoms with Gasteiger partial charge in [0.1, 0.15) is 0 Å². The molecule has 0 saturated heterocycles. The van der Waals surface area contributed by atoms with E-state index in [9.17, 15) is 0 Å². The van der Waals surface area contributed by atoms with Gasteiger partial charge in [-0.15, -0.1) is 0 Å². The van der Waals surface area contributed by atoms with E-state index in [1.54, 1.807) is 0 Å². The Bertz CT molecular complexity index is 5070. The van der Waals surface area contributed by atoms with Crippen LogP contribution in [0.15, 0.2) is 364 Å². The van der Waals surface area contributed by atoms with Crippen molar-refractivity contribution in [3.05, 3.63) is 364 Å². The van der Waals surface area contributed by atoms with Crippen LogP contribution in [0, 0.1) is 0 Å². The van der Waals surface area contributed by atoms with Crippen LogP contribution >= 0.6 is 0 Å². The standard InChI is InChI=1S/C54H36.C36H24/c1-5-15-37(16-6-1)43-29-44(38-17-7-2-8-18-38)32-47(31-43)41-25-27-51-49-23-13-14-24-50(49)52-28-26-42(36-54(52)53(51)35-41)48-33-45(39-19-9-3-10-20-39)30-46(34-48)40-21-11-4-12-22-40;1-3-11-25(12-4-1)28-21-29(26-13-5-2-6-14-26)23-30(22-28)27-19-20-35-33-17-8-7-15-31(33)32-16-9-10-18-34(32)36(35)24-27/h1-36H;1-24H. The zero-order valence-corrected chi connectivity index (χ0v) is 49.6. The summed E-state index contributed by atoms with van der Waals surface area (Å²) in [6.07, 6.45) is 0. The van der Waals surface area contributed by atoms with Crippen LogP contribution < -0.4 is 0 Å². The van der Waals surface area contributed by atoms with Crippen molar-refractivity contribution < 1.29 is 0 Å². The smallest absolute Gasteiger partial charge is 0.00926 e. The van der Waals surface area contributed by atoms with Gasteiger partial charge in [-0.3, -0.25) is 0 Å². The molecule has 0 spiro atoms. The Morgan fingerprint density at radius 3 is 0.422 bits per heavy atom. The molecule has 90 heavy (non-hydrogen) atoms. The van der Waals surface area contributed by atoms with Gasteiger partial charge in [0.05, 0.1) is 0 Å². The van der Waals surface area contributed by atoms with Crippen LogP contribution in [0.5, 0.6) is 0 Å². The Morgan fingerprint density at radius 2 is 0.222 bits per heavy atom. The highest BCUT2D eigenvalue weighted by Crippen LogP contribution is 2.43. The number of benzene rings is 17. The van der Waals surface area contributed by atoms with E-state index in [-0.39, 0.29) is 0 Å². The third-order valence-corrected chi connectivity index (χ3v) is 18.0. The van der Waals surface area contributed by atoms with E-state index in [1.807, 2.05) is 0 Å². The summed E-state index contributed by atoms with van der Waals surface area (Å²) in [5.74, 6) is 0. The Balaban J connectivity index is 0.000000156. The molecule has 17 aromatic rings. The molecule has 0 aliphatic carbocycles. The molecule has 0 N–H and O–H groups in total. The van der Waals surface area contributed by atoms with E-state index >= 15 is 0 Å². The first-order chi connectivity index (χ1) is 44.6. The molecule has 0 unspecified atom stereocenters. The summed E-state index contributed by atoms with van der Waals surface area (Å²) in [5, 5.41) is 15.4. The number of hydrogen-bond donors (Lipinski definition) is 0. The summed E-state index contributed by atoms with van der Waals surface area (Å²) >= 11 is 0. The minimum absolute atomic E-state index is 1.21. The largest absolute Gasteiger partial charge is 0.0622 e. The Labute approximate surface area is 525 Å². The second-order valence-corrected chi connectivity index (χ2v) is 23.5. The van der Waals surface area contributed by atoms with Crippen molar-refractivity contribution in [2.45, 2.75) is 0 Å². The number of fused-ring (bicyclic) bond motifs is 12. The summed E-state index contributed by atoms with van der Waals surface area (Å²) in [7, 11) is 0. The maximum absolute atomic E-state index is 2.42. The molecule has 0 aliphatic rings. The molecule has 0 atom stereocenters. The fourth-order valence-corrected chi connectivity index (χ4v) is 13.6. The Kier molecular flexibility index (Phi) is 14.1. The predicted octanol–water partition coefficient (Wildman–Crippen LogP) is 25.3. The van der Waals surface area contributed by atoms with Crippen LogP contribution in [-0.4, -0.2) is 0 Å². The molecule has 0 aliphatic heterocycles. The molecule has 0 amide bonds. The lowest BCUT2D eigenvalue weighted by Gasteiger charge is -2.16. The van der Waals surface area contributed by atoms with E-state index in [4.69, 9.17) is 0 Å². The molecular weight excluding hydrogens is 1080 g/mol. The van der Waals surface area contributed by atoms with Gasteiger partial charge in [-0.25, -0.2) is 0 Å². The van der Waals surface area contributed by atoms with Gasteiger partial charge < -0.3 is 0 Å². The molecule has 0 saturated carbocycles. The minimum atomic E-state index is 1.21. The molecule has 17 aromatic carbocycles. The summed E-state index contributed by atoms with van der Waals surface area (Å²) in [6, 6.07) is 133. The van der Waals surface area contributed by atoms with Crippen molar-refractivity contribution in [1.29, 1.82) is 0 Å². The summed E-state index contributed by atoms with van der Waals surface area (Å²) in [4.78, 5) is 0. The van der Waals surface area contributed by atoms with E-state index < -0.39 is 0 Å². The molecule has 17 rings (SSSR count). The second-order valence-electron chi connectivity index (χ2n) is 23.5. The van der Waals surface area contributed by atoms with Gasteiger partial charge >= 0.3 is 0 Å². The van der Waals surface area contributed by atoms with Gasteiger partial charge in [0, 0.05) is 0 Å². The molecular formula is C90H60. The summed E-state index contributed by atoms with van der Waals surface area (Å²) in [6.45, 7) is 0. The van der Waals surface area contributed by atoms with Gasteiger partial charge in [-0.05, 0) is 238 Å². The van der Waals surface area contributed by atoms with E-state index in [0.29, 0.717) is 0 Å². The quantitative estimate of drug-likeness (QED) is 0.126. The second kappa shape index (κ2) is 23.5. The first kappa shape index (κ1) is 53.7. The van der Waals surface area contributed by atoms with Crippen LogP contribution in [0.2, 0.25) is 0 Å². The maximum atomic E-state index is 2.42. The average molecular weight is 1140 g/mol. The first-order valence-electron chi connectivity index (χ1n) is 31.1. The fourth-order valence-electron chi connectivity index (χ4n) is 13.6. The fraction of sp³-hybridized carbons (Fsp3) is 0. The van der Waals surface area contributed by atoms with Gasteiger partial charge in [0.15, 0.2) is 0 Å². The molecule has 420 valence electrons. The molecule has 0 heterocycles. The van der Waals surface area contributed by atoms with E-state index in [0.717, 1.165) is 0 Å². The molecule has 0 heteroatoms. The lowest BCUT2D eigenvalue weighted by Crippen LogP contribution is -1.89. The first-order valence-corrected chi connectivity index (χ1v) is 31.1. The normalized spacial score (nSPS) is 11.3. The van der Waals surface area contributed by atoms with Crippen LogP contribution in [0.1, 0.15) is 0 Å². The van der Waals surface area contributed by atoms with Crippen molar-refractivity contribution in [3.8, 4) is 100 Å². The zero-order valence-electron chi connectivity index (χ0n) is 49.6. The minimum Gasteiger partial charge on any atom is -0.0622 e. The average Bonchev–Trinajstić information content (AvgIpc) is 0.916. The van der Waals surface area contributed by atoms with Crippen LogP contribution in [0.25, 0.3) is 165 Å². The molecule has 0 bridgehead atoms. The third kappa shape index (κ3) is 10.4. The van der Waals surface area contributed by atoms with Crippen molar-refractivity contribution in [1.82, 2.24) is 0 Å². The lowest BCUT2D eigenvalue weighted by molar-refractivity contribution is 1.57. The lowest BCUT2D eigenvalue weighted by atomic mass is 9.88. The van der Waals surface area contributed by atoms with Gasteiger partial charge in [0.25, 0.3) is 0 Å². The van der Waals surface area contributed by atoms with E-state index in [2.05, 4.69) is 364 Å². The SMILES string of the molecule is c1ccc(-c2cc(-c3ccccc3)cc(-c3ccc4c5ccccc5c5ccc(-c6cc(-c7ccccc7)cc(-c7ccccc7)c6)cc5c4c3)c2)cc1.c1ccc(-c2cc(-c3ccccc3)cc(-c3ccc4c5ccccc5c5ccccc5c4c3)c2)cc1. The number of rotatable bonds is 9. The molecule has 0 nitrogen and oxygen atoms in total. The zero-order chi connectivity index (χ0) is 59.7. The van der Waals surface area contributed by atoms with Gasteiger partial charge in [-0.2, -0.15) is 0 Å². The third-order valence-electron chi connectivity index (χ3n) is 18.0. The monoisotopic (exact) mass is 1140 g/mol. The van der Waals surface area contributed by atoms with Gasteiger partial charge in [0.2, 0.25) is 0 Å². The number of hydrogen-bond acceptors (Lipinski definition) is 0. The van der Waals surface area contributed by atoms with Crippen molar-refractivity contribution in [2.24, 2.45) is 0 Å². The van der Waals surface area contributed by atoms with Crippen molar-refractivity contribution >= 4 is 64.6 Å². The highest BCUT2D eigenvalue weighted by molar-refractivity contribution is 6.27. The highest BCUT2D eigenvalue weighted by Gasteiger charge is 2.17. The molecule has 0 fully saturated rings.